The molecule has 0 radical (unpaired) electrons. The average molecular weight is 237 g/mol. The fraction of sp³-hybridized carbons (Fsp3) is 0.727. The molecular weight excluding hydrogens is 218 g/mol. The second kappa shape index (κ2) is 5.77. The van der Waals surface area contributed by atoms with E-state index in [0.29, 0.717) is 0 Å². The van der Waals surface area contributed by atoms with Crippen LogP contribution in [0.25, 0.3) is 0 Å². The molecule has 1 fully saturated rings. The molecule has 6 nitrogen and oxygen atoms in total. The molecule has 2 rings (SSSR count). The predicted octanol–water partition coefficient (Wildman–Crippen LogP) is 1.11. The lowest BCUT2D eigenvalue weighted by atomic mass is 10.1. The third kappa shape index (κ3) is 3.03. The molecule has 1 aromatic rings. The van der Waals surface area contributed by atoms with Crippen LogP contribution in [0.15, 0.2) is 11.5 Å². The minimum Gasteiger partial charge on any atom is -0.411 e. The predicted molar refractivity (Wildman–Crippen MR) is 64.0 cm³/mol. The zero-order valence-corrected chi connectivity index (χ0v) is 10.2. The monoisotopic (exact) mass is 237 g/mol. The Labute approximate surface area is 101 Å². The van der Waals surface area contributed by atoms with E-state index >= 15 is 0 Å². The van der Waals surface area contributed by atoms with Crippen LogP contribution in [0, 0.1) is 0 Å². The van der Waals surface area contributed by atoms with Crippen LogP contribution in [-0.2, 0) is 13.1 Å². The second-order valence-corrected chi connectivity index (χ2v) is 4.34. The number of hydrogen-bond acceptors (Lipinski definition) is 5. The van der Waals surface area contributed by atoms with Crippen molar-refractivity contribution in [2.24, 2.45) is 5.16 Å². The Balaban J connectivity index is 1.90. The molecule has 2 heterocycles. The van der Waals surface area contributed by atoms with Crippen molar-refractivity contribution >= 4 is 5.71 Å². The van der Waals surface area contributed by atoms with Gasteiger partial charge < -0.3 is 5.21 Å². The van der Waals surface area contributed by atoms with Gasteiger partial charge in [-0.1, -0.05) is 12.1 Å². The molecule has 6 heteroatoms. The van der Waals surface area contributed by atoms with Crippen LogP contribution in [0.5, 0.6) is 0 Å². The largest absolute Gasteiger partial charge is 0.411 e. The van der Waals surface area contributed by atoms with Crippen molar-refractivity contribution in [2.75, 3.05) is 13.1 Å². The number of hydrogen-bond donors (Lipinski definition) is 1. The molecule has 0 spiro atoms. The summed E-state index contributed by atoms with van der Waals surface area (Å²) in [5.74, 6) is 1.02. The number of nitrogens with zero attached hydrogens (tertiary/aromatic N) is 5. The molecule has 1 aliphatic heterocycles. The lowest BCUT2D eigenvalue weighted by Crippen LogP contribution is -2.34. The lowest BCUT2D eigenvalue weighted by Gasteiger charge is -2.26. The van der Waals surface area contributed by atoms with Crippen LogP contribution in [0.1, 0.15) is 32.0 Å². The van der Waals surface area contributed by atoms with E-state index in [9.17, 15) is 0 Å². The number of aryl methyl sites for hydroxylation is 1. The molecule has 0 bridgehead atoms. The normalized spacial score (nSPS) is 17.4. The van der Waals surface area contributed by atoms with Gasteiger partial charge in [0.1, 0.15) is 12.2 Å². The van der Waals surface area contributed by atoms with E-state index in [1.54, 1.807) is 6.33 Å². The fourth-order valence-electron chi connectivity index (χ4n) is 2.08. The van der Waals surface area contributed by atoms with Crippen molar-refractivity contribution in [1.82, 2.24) is 19.7 Å². The van der Waals surface area contributed by atoms with Crippen molar-refractivity contribution < 1.29 is 5.21 Å². The number of oxime groups is 1. The average Bonchev–Trinajstić information content (AvgIpc) is 2.78. The number of aromatic nitrogens is 3. The molecule has 0 saturated carbocycles. The zero-order chi connectivity index (χ0) is 12.1. The number of rotatable bonds is 4. The van der Waals surface area contributed by atoms with E-state index in [0.717, 1.165) is 57.0 Å². The second-order valence-electron chi connectivity index (χ2n) is 4.34. The highest BCUT2D eigenvalue weighted by molar-refractivity contribution is 5.84. The SMILES string of the molecule is CCCn1ncnc1CN1CCC(=NO)CC1. The first-order valence-corrected chi connectivity index (χ1v) is 6.12. The van der Waals surface area contributed by atoms with E-state index in [4.69, 9.17) is 5.21 Å². The smallest absolute Gasteiger partial charge is 0.141 e. The van der Waals surface area contributed by atoms with Gasteiger partial charge in [-0.2, -0.15) is 5.10 Å². The summed E-state index contributed by atoms with van der Waals surface area (Å²) in [6.45, 7) is 5.75. The summed E-state index contributed by atoms with van der Waals surface area (Å²) in [5, 5.41) is 16.2. The summed E-state index contributed by atoms with van der Waals surface area (Å²) in [7, 11) is 0. The summed E-state index contributed by atoms with van der Waals surface area (Å²) < 4.78 is 1.97. The maximum atomic E-state index is 8.69. The van der Waals surface area contributed by atoms with Crippen molar-refractivity contribution in [1.29, 1.82) is 0 Å². The maximum absolute atomic E-state index is 8.69. The van der Waals surface area contributed by atoms with Crippen molar-refractivity contribution in [2.45, 2.75) is 39.3 Å². The molecule has 1 saturated heterocycles. The Morgan fingerprint density at radius 2 is 2.18 bits per heavy atom. The first kappa shape index (κ1) is 12.0. The highest BCUT2D eigenvalue weighted by Gasteiger charge is 2.17. The summed E-state index contributed by atoms with van der Waals surface area (Å²) >= 11 is 0. The van der Waals surface area contributed by atoms with Crippen LogP contribution in [0.3, 0.4) is 0 Å². The highest BCUT2D eigenvalue weighted by Crippen LogP contribution is 2.10. The minimum atomic E-state index is 0.832. The van der Waals surface area contributed by atoms with Gasteiger partial charge in [0.15, 0.2) is 0 Å². The van der Waals surface area contributed by atoms with E-state index in [1.807, 2.05) is 4.68 Å². The third-order valence-electron chi connectivity index (χ3n) is 3.07. The summed E-state index contributed by atoms with van der Waals surface area (Å²) in [6, 6.07) is 0. The van der Waals surface area contributed by atoms with E-state index in [2.05, 4.69) is 27.1 Å². The van der Waals surface area contributed by atoms with E-state index < -0.39 is 0 Å². The Kier molecular flexibility index (Phi) is 4.08. The highest BCUT2D eigenvalue weighted by atomic mass is 16.4. The van der Waals surface area contributed by atoms with E-state index in [-0.39, 0.29) is 0 Å². The van der Waals surface area contributed by atoms with Gasteiger partial charge in [0.05, 0.1) is 12.3 Å². The molecule has 17 heavy (non-hydrogen) atoms. The van der Waals surface area contributed by atoms with Gasteiger partial charge in [-0.05, 0) is 6.42 Å². The number of piperidine rings is 1. The fourth-order valence-corrected chi connectivity index (χ4v) is 2.08. The number of likely N-dealkylation sites (tertiary alicyclic amines) is 1. The van der Waals surface area contributed by atoms with Gasteiger partial charge in [-0.15, -0.1) is 0 Å². The topological polar surface area (TPSA) is 66.5 Å². The molecule has 0 aromatic carbocycles. The van der Waals surface area contributed by atoms with Gasteiger partial charge in [-0.3, -0.25) is 4.90 Å². The maximum Gasteiger partial charge on any atom is 0.141 e. The first-order valence-electron chi connectivity index (χ1n) is 6.12. The molecule has 1 aromatic heterocycles. The Morgan fingerprint density at radius 1 is 1.41 bits per heavy atom. The van der Waals surface area contributed by atoms with Crippen molar-refractivity contribution in [3.05, 3.63) is 12.2 Å². The molecule has 1 aliphatic rings. The van der Waals surface area contributed by atoms with Gasteiger partial charge in [-0.25, -0.2) is 9.67 Å². The summed E-state index contributed by atoms with van der Waals surface area (Å²) in [4.78, 5) is 6.62. The summed E-state index contributed by atoms with van der Waals surface area (Å²) in [5.41, 5.74) is 0.899. The van der Waals surface area contributed by atoms with Gasteiger partial charge >= 0.3 is 0 Å². The van der Waals surface area contributed by atoms with Crippen LogP contribution >= 0.6 is 0 Å². The molecule has 0 atom stereocenters. The Bertz CT molecular complexity index is 377. The molecule has 94 valence electrons. The minimum absolute atomic E-state index is 0.832. The first-order chi connectivity index (χ1) is 8.33. The Morgan fingerprint density at radius 3 is 2.82 bits per heavy atom. The molecular formula is C11H19N5O. The Hall–Kier alpha value is -1.43. The molecule has 0 aliphatic carbocycles. The van der Waals surface area contributed by atoms with Crippen LogP contribution in [0.4, 0.5) is 0 Å². The molecule has 0 amide bonds. The van der Waals surface area contributed by atoms with Crippen LogP contribution in [-0.4, -0.2) is 43.7 Å². The lowest BCUT2D eigenvalue weighted by molar-refractivity contribution is 0.246. The van der Waals surface area contributed by atoms with Crippen molar-refractivity contribution in [3.8, 4) is 0 Å². The third-order valence-corrected chi connectivity index (χ3v) is 3.07. The van der Waals surface area contributed by atoms with Crippen molar-refractivity contribution in [3.63, 3.8) is 0 Å². The van der Waals surface area contributed by atoms with Crippen LogP contribution < -0.4 is 0 Å². The van der Waals surface area contributed by atoms with Crippen LogP contribution in [0.2, 0.25) is 0 Å². The van der Waals surface area contributed by atoms with E-state index in [1.165, 1.54) is 0 Å². The van der Waals surface area contributed by atoms with Gasteiger partial charge in [0.25, 0.3) is 0 Å². The summed E-state index contributed by atoms with van der Waals surface area (Å²) in [6.07, 6.45) is 4.38. The van der Waals surface area contributed by atoms with Gasteiger partial charge in [0.2, 0.25) is 0 Å². The zero-order valence-electron chi connectivity index (χ0n) is 10.2. The quantitative estimate of drug-likeness (QED) is 0.629. The molecule has 1 N–H and O–H groups in total. The standard InChI is InChI=1S/C11H19N5O/c1-2-5-16-11(12-9-13-16)8-15-6-3-10(14-17)4-7-15/h9,17H,2-8H2,1H3. The molecule has 0 unspecified atom stereocenters. The van der Waals surface area contributed by atoms with Gasteiger partial charge in [0, 0.05) is 32.5 Å².